The third-order valence-electron chi connectivity index (χ3n) is 12.2. The molecule has 0 bridgehead atoms. The Kier molecular flexibility index (Phi) is 13.1. The van der Waals surface area contributed by atoms with Crippen LogP contribution in [0.3, 0.4) is 0 Å². The molecule has 0 saturated carbocycles. The molecule has 0 saturated heterocycles. The minimum absolute atomic E-state index is 0. The molecule has 1 unspecified atom stereocenters. The number of imidazole rings is 1. The quantitative estimate of drug-likeness (QED) is 0.108. The predicted molar refractivity (Wildman–Crippen MR) is 261 cm³/mol. The fourth-order valence-electron chi connectivity index (χ4n) is 8.64. The summed E-state index contributed by atoms with van der Waals surface area (Å²) in [4.78, 5) is 11.4. The normalized spacial score (nSPS) is 13.1. The molecule has 10 rings (SSSR count). The molecular formula is C59H47IrN5-4. The average molecular weight is 1020 g/mol. The summed E-state index contributed by atoms with van der Waals surface area (Å²) >= 11 is 0. The van der Waals surface area contributed by atoms with Gasteiger partial charge < -0.3 is 19.8 Å². The number of aryl methyl sites for hydroxylation is 5. The van der Waals surface area contributed by atoms with Gasteiger partial charge in [0.15, 0.2) is 0 Å². The van der Waals surface area contributed by atoms with E-state index < -0.39 is 0 Å². The molecule has 9 aromatic rings. The zero-order chi connectivity index (χ0) is 43.2. The van der Waals surface area contributed by atoms with Crippen molar-refractivity contribution < 1.29 is 20.1 Å². The van der Waals surface area contributed by atoms with Crippen molar-refractivity contribution in [1.82, 2.24) is 19.4 Å². The minimum Gasteiger partial charge on any atom is -0.668 e. The third kappa shape index (κ3) is 9.85. The second kappa shape index (κ2) is 19.7. The van der Waals surface area contributed by atoms with E-state index in [-0.39, 0.29) is 26.3 Å². The molecule has 65 heavy (non-hydrogen) atoms. The van der Waals surface area contributed by atoms with Crippen LogP contribution in [0.4, 0.5) is 0 Å². The van der Waals surface area contributed by atoms with Gasteiger partial charge in [0.2, 0.25) is 0 Å². The summed E-state index contributed by atoms with van der Waals surface area (Å²) in [5.41, 5.74) is 18.5. The van der Waals surface area contributed by atoms with Crippen LogP contribution in [0, 0.1) is 18.2 Å². The van der Waals surface area contributed by atoms with Gasteiger partial charge in [-0.15, -0.1) is 65.2 Å². The molecule has 5 nitrogen and oxygen atoms in total. The van der Waals surface area contributed by atoms with E-state index in [2.05, 4.69) is 198 Å². The van der Waals surface area contributed by atoms with Crippen LogP contribution < -0.4 is 0 Å². The number of rotatable bonds is 13. The zero-order valence-electron chi connectivity index (χ0n) is 36.5. The Morgan fingerprint density at radius 1 is 0.508 bits per heavy atom. The van der Waals surface area contributed by atoms with E-state index in [9.17, 15) is 0 Å². The summed E-state index contributed by atoms with van der Waals surface area (Å²) in [5.74, 6) is 0.923. The van der Waals surface area contributed by atoms with Gasteiger partial charge in [0.25, 0.3) is 0 Å². The first-order valence-electron chi connectivity index (χ1n) is 21.9. The Morgan fingerprint density at radius 3 is 1.74 bits per heavy atom. The van der Waals surface area contributed by atoms with E-state index in [1.165, 1.54) is 50.1 Å². The summed E-state index contributed by atoms with van der Waals surface area (Å²) in [7, 11) is 4.07. The van der Waals surface area contributed by atoms with Crippen molar-refractivity contribution >= 4 is 0 Å². The number of nitrogens with zero attached hydrogens (tertiary/aromatic N) is 5. The molecule has 0 amide bonds. The van der Waals surface area contributed by atoms with Crippen molar-refractivity contribution in [3.63, 3.8) is 0 Å². The summed E-state index contributed by atoms with van der Waals surface area (Å²) in [6.45, 7) is 0. The first-order chi connectivity index (χ1) is 31.5. The number of hydrogen-bond acceptors (Lipinski definition) is 3. The van der Waals surface area contributed by atoms with Crippen LogP contribution in [0.2, 0.25) is 0 Å². The van der Waals surface area contributed by atoms with Crippen LogP contribution in [0.1, 0.15) is 34.0 Å². The molecule has 1 aliphatic heterocycles. The molecule has 321 valence electrons. The van der Waals surface area contributed by atoms with Crippen molar-refractivity contribution in [1.29, 1.82) is 0 Å². The van der Waals surface area contributed by atoms with Gasteiger partial charge in [-0.05, 0) is 81.5 Å². The Morgan fingerprint density at radius 2 is 1.12 bits per heavy atom. The van der Waals surface area contributed by atoms with Crippen LogP contribution in [-0.2, 0) is 52.8 Å². The second-order valence-corrected chi connectivity index (χ2v) is 16.6. The van der Waals surface area contributed by atoms with Crippen molar-refractivity contribution in [2.24, 2.45) is 7.05 Å². The molecule has 1 radical (unpaired) electrons. The maximum absolute atomic E-state index is 4.76. The first-order valence-corrected chi connectivity index (χ1v) is 21.9. The smallest absolute Gasteiger partial charge is 0.0555 e. The summed E-state index contributed by atoms with van der Waals surface area (Å²) in [6, 6.07) is 69.4. The minimum atomic E-state index is 0. The molecule has 2 aromatic heterocycles. The maximum Gasteiger partial charge on any atom is 0.0555 e. The van der Waals surface area contributed by atoms with E-state index >= 15 is 0 Å². The van der Waals surface area contributed by atoms with Crippen LogP contribution >= 0.6 is 0 Å². The SMILES string of the molecule is CN1C=C[N-]C1c1[c-]cc(CCc2cc(CCc3c[c-]c(-c4nccn4C)cc3)cc(-c3ccccc3-c3c[c-]c(-c4cc(-c5ccc(-c6ccccc6)cc5)ccn4)cc3)c2)cc1.[Ir]. The van der Waals surface area contributed by atoms with E-state index in [0.29, 0.717) is 0 Å². The van der Waals surface area contributed by atoms with Gasteiger partial charge in [-0.1, -0.05) is 127 Å². The van der Waals surface area contributed by atoms with Crippen LogP contribution in [-0.4, -0.2) is 26.5 Å². The monoisotopic (exact) mass is 1020 g/mol. The van der Waals surface area contributed by atoms with E-state index in [1.807, 2.05) is 48.7 Å². The van der Waals surface area contributed by atoms with Gasteiger partial charge in [0.05, 0.1) is 5.82 Å². The molecule has 0 fully saturated rings. The fraction of sp³-hybridized carbons (Fsp3) is 0.119. The topological polar surface area (TPSA) is 48.1 Å². The van der Waals surface area contributed by atoms with Gasteiger partial charge in [-0.2, -0.15) is 41.6 Å². The second-order valence-electron chi connectivity index (χ2n) is 16.6. The number of hydrogen-bond donors (Lipinski definition) is 0. The van der Waals surface area contributed by atoms with Crippen LogP contribution in [0.5, 0.6) is 0 Å². The standard InChI is InChI=1S/C59H47N5.Ir/c1-63-36-34-61-58(63)51-20-16-42(17-21-51)12-14-44-38-45(15-13-43-18-22-52(23-19-43)59-62-35-37-64(59)2)40-54(39-44)56-11-7-6-10-55(56)49-28-30-50(31-29-49)57-41-53(32-33-60-57)48-26-24-47(25-27-48)46-8-4-3-5-9-46;/h3-11,16-20,22,24-30,32-41,58H,12-15H2,1-2H3;/q-4;. The van der Waals surface area contributed by atoms with Gasteiger partial charge in [0, 0.05) is 52.8 Å². The van der Waals surface area contributed by atoms with Crippen molar-refractivity contribution in [3.05, 3.63) is 246 Å². The van der Waals surface area contributed by atoms with Gasteiger partial charge in [-0.3, -0.25) is 4.98 Å². The third-order valence-corrected chi connectivity index (χ3v) is 12.2. The number of benzene rings is 7. The fourth-order valence-corrected chi connectivity index (χ4v) is 8.64. The van der Waals surface area contributed by atoms with Gasteiger partial charge in [0.1, 0.15) is 0 Å². The Hall–Kier alpha value is -7.11. The van der Waals surface area contributed by atoms with Crippen molar-refractivity contribution in [3.8, 4) is 67.2 Å². The molecule has 6 heteroatoms. The van der Waals surface area contributed by atoms with Crippen molar-refractivity contribution in [2.75, 3.05) is 7.05 Å². The van der Waals surface area contributed by atoms with Crippen LogP contribution in [0.15, 0.2) is 195 Å². The largest absolute Gasteiger partial charge is 0.668 e. The summed E-state index contributed by atoms with van der Waals surface area (Å²) < 4.78 is 2.03. The van der Waals surface area contributed by atoms with Gasteiger partial charge >= 0.3 is 0 Å². The Labute approximate surface area is 396 Å². The average Bonchev–Trinajstić information content (AvgIpc) is 4.00. The Bertz CT molecular complexity index is 3030. The number of pyridine rings is 1. The summed E-state index contributed by atoms with van der Waals surface area (Å²) in [6.07, 6.45) is 13.2. The molecular weight excluding hydrogens is 971 g/mol. The molecule has 0 N–H and O–H groups in total. The molecule has 0 spiro atoms. The van der Waals surface area contributed by atoms with Crippen molar-refractivity contribution in [2.45, 2.75) is 31.8 Å². The number of aromatic nitrogens is 3. The molecule has 3 heterocycles. The molecule has 7 aromatic carbocycles. The molecule has 1 atom stereocenters. The molecule has 1 aliphatic rings. The maximum atomic E-state index is 4.76. The first kappa shape index (κ1) is 43.2. The van der Waals surface area contributed by atoms with E-state index in [1.54, 1.807) is 0 Å². The molecule has 0 aliphatic carbocycles. The van der Waals surface area contributed by atoms with E-state index in [0.717, 1.165) is 70.6 Å². The predicted octanol–water partition coefficient (Wildman–Crippen LogP) is 13.6. The van der Waals surface area contributed by atoms with Crippen LogP contribution in [0.25, 0.3) is 72.5 Å². The zero-order valence-corrected chi connectivity index (χ0v) is 38.8. The summed E-state index contributed by atoms with van der Waals surface area (Å²) in [5, 5.41) is 4.59. The Balaban J connectivity index is 0.00000533. The van der Waals surface area contributed by atoms with E-state index in [4.69, 9.17) is 4.98 Å². The van der Waals surface area contributed by atoms with Gasteiger partial charge in [-0.25, -0.2) is 0 Å².